The van der Waals surface area contributed by atoms with E-state index in [9.17, 15) is 13.2 Å². The fraction of sp³-hybridized carbons (Fsp3) is 0.267. The maximum atomic E-state index is 12.3. The number of hydrogen-bond donors (Lipinski definition) is 3. The number of nitrogens with one attached hydrogen (secondary N) is 2. The van der Waals surface area contributed by atoms with Gasteiger partial charge in [0.1, 0.15) is 0 Å². The Labute approximate surface area is 139 Å². The number of carbonyl (C=O) groups excluding carboxylic acids is 1. The normalized spacial score (nSPS) is 12.8. The molecule has 0 fully saturated rings. The van der Waals surface area contributed by atoms with Crippen LogP contribution in [-0.4, -0.2) is 26.9 Å². The maximum absolute atomic E-state index is 12.3. The van der Waals surface area contributed by atoms with Gasteiger partial charge in [-0.15, -0.1) is 11.3 Å². The predicted molar refractivity (Wildman–Crippen MR) is 90.8 cm³/mol. The highest BCUT2D eigenvalue weighted by molar-refractivity contribution is 7.89. The van der Waals surface area contributed by atoms with E-state index in [0.29, 0.717) is 6.54 Å². The summed E-state index contributed by atoms with van der Waals surface area (Å²) in [5.74, 6) is -0.349. The number of rotatable bonds is 7. The van der Waals surface area contributed by atoms with Gasteiger partial charge in [-0.05, 0) is 36.6 Å². The summed E-state index contributed by atoms with van der Waals surface area (Å²) in [6.45, 7) is 2.31. The van der Waals surface area contributed by atoms with Gasteiger partial charge in [0.15, 0.2) is 0 Å². The van der Waals surface area contributed by atoms with Crippen molar-refractivity contribution in [2.75, 3.05) is 6.54 Å². The number of carbonyl (C=O) groups is 1. The van der Waals surface area contributed by atoms with Gasteiger partial charge in [-0.2, -0.15) is 0 Å². The smallest absolute Gasteiger partial charge is 0.251 e. The standard InChI is InChI=1S/C15H19N3O3S2/c1-11(9-16)18-15(19)12-4-2-6-14(8-12)23(20,21)17-10-13-5-3-7-22-13/h2-8,11,17H,9-10,16H2,1H3,(H,18,19)/t11-/m0/s1. The SMILES string of the molecule is C[C@@H](CN)NC(=O)c1cccc(S(=O)(=O)NCc2cccs2)c1. The second kappa shape index (κ2) is 7.69. The lowest BCUT2D eigenvalue weighted by Gasteiger charge is -2.12. The molecular formula is C15H19N3O3S2. The highest BCUT2D eigenvalue weighted by Gasteiger charge is 2.17. The van der Waals surface area contributed by atoms with E-state index in [1.54, 1.807) is 19.1 Å². The van der Waals surface area contributed by atoms with Crippen LogP contribution >= 0.6 is 11.3 Å². The molecule has 0 radical (unpaired) electrons. The molecule has 6 nitrogen and oxygen atoms in total. The molecule has 0 aliphatic carbocycles. The molecule has 2 rings (SSSR count). The van der Waals surface area contributed by atoms with Crippen molar-refractivity contribution in [2.45, 2.75) is 24.4 Å². The summed E-state index contributed by atoms with van der Waals surface area (Å²) in [5.41, 5.74) is 5.75. The van der Waals surface area contributed by atoms with Crippen molar-refractivity contribution in [1.29, 1.82) is 0 Å². The van der Waals surface area contributed by atoms with Crippen molar-refractivity contribution in [3.05, 3.63) is 52.2 Å². The van der Waals surface area contributed by atoms with Crippen LogP contribution in [-0.2, 0) is 16.6 Å². The van der Waals surface area contributed by atoms with Crippen LogP contribution in [0.5, 0.6) is 0 Å². The third-order valence-corrected chi connectivity index (χ3v) is 5.43. The molecule has 2 aromatic rings. The first-order valence-electron chi connectivity index (χ1n) is 7.05. The van der Waals surface area contributed by atoms with E-state index in [0.717, 1.165) is 4.88 Å². The number of amides is 1. The number of benzene rings is 1. The molecule has 1 amide bonds. The van der Waals surface area contributed by atoms with E-state index in [1.807, 2.05) is 17.5 Å². The Morgan fingerprint density at radius 1 is 1.30 bits per heavy atom. The minimum atomic E-state index is -3.67. The quantitative estimate of drug-likeness (QED) is 0.698. The van der Waals surface area contributed by atoms with Crippen LogP contribution in [0.1, 0.15) is 22.2 Å². The topological polar surface area (TPSA) is 101 Å². The highest BCUT2D eigenvalue weighted by atomic mass is 32.2. The number of hydrogen-bond acceptors (Lipinski definition) is 5. The fourth-order valence-electron chi connectivity index (χ4n) is 1.83. The molecule has 23 heavy (non-hydrogen) atoms. The summed E-state index contributed by atoms with van der Waals surface area (Å²) in [5, 5.41) is 4.58. The average Bonchev–Trinajstić information content (AvgIpc) is 3.06. The molecule has 0 saturated carbocycles. The Morgan fingerprint density at radius 3 is 2.74 bits per heavy atom. The van der Waals surface area contributed by atoms with Crippen LogP contribution in [0.25, 0.3) is 0 Å². The molecule has 0 aliphatic heterocycles. The van der Waals surface area contributed by atoms with E-state index < -0.39 is 10.0 Å². The van der Waals surface area contributed by atoms with Gasteiger partial charge in [0.2, 0.25) is 10.0 Å². The van der Waals surface area contributed by atoms with Gasteiger partial charge < -0.3 is 11.1 Å². The third-order valence-electron chi connectivity index (χ3n) is 3.15. The molecule has 0 saturated heterocycles. The monoisotopic (exact) mass is 353 g/mol. The lowest BCUT2D eigenvalue weighted by atomic mass is 10.2. The van der Waals surface area contributed by atoms with Gasteiger partial charge in [0.25, 0.3) is 5.91 Å². The van der Waals surface area contributed by atoms with E-state index in [-0.39, 0.29) is 29.0 Å². The van der Waals surface area contributed by atoms with Gasteiger partial charge in [-0.1, -0.05) is 12.1 Å². The summed E-state index contributed by atoms with van der Waals surface area (Å²) in [4.78, 5) is 13.0. The van der Waals surface area contributed by atoms with Gasteiger partial charge >= 0.3 is 0 Å². The maximum Gasteiger partial charge on any atom is 0.251 e. The predicted octanol–water partition coefficient (Wildman–Crippen LogP) is 1.30. The summed E-state index contributed by atoms with van der Waals surface area (Å²) < 4.78 is 27.2. The second-order valence-corrected chi connectivity index (χ2v) is 7.84. The molecule has 124 valence electrons. The fourth-order valence-corrected chi connectivity index (χ4v) is 3.62. The first kappa shape index (κ1) is 17.6. The zero-order valence-electron chi connectivity index (χ0n) is 12.7. The van der Waals surface area contributed by atoms with Gasteiger partial charge in [-0.3, -0.25) is 4.79 Å². The van der Waals surface area contributed by atoms with Gasteiger partial charge in [-0.25, -0.2) is 13.1 Å². The highest BCUT2D eigenvalue weighted by Crippen LogP contribution is 2.14. The van der Waals surface area contributed by atoms with Crippen molar-refractivity contribution in [3.8, 4) is 0 Å². The van der Waals surface area contributed by atoms with Crippen molar-refractivity contribution < 1.29 is 13.2 Å². The third kappa shape index (κ3) is 4.87. The molecule has 0 spiro atoms. The van der Waals surface area contributed by atoms with Crippen LogP contribution < -0.4 is 15.8 Å². The van der Waals surface area contributed by atoms with E-state index in [1.165, 1.54) is 23.5 Å². The molecule has 0 aliphatic rings. The van der Waals surface area contributed by atoms with Crippen molar-refractivity contribution in [2.24, 2.45) is 5.73 Å². The molecular weight excluding hydrogens is 334 g/mol. The Bertz CT molecular complexity index is 758. The van der Waals surface area contributed by atoms with Crippen LogP contribution in [0.4, 0.5) is 0 Å². The second-order valence-electron chi connectivity index (χ2n) is 5.04. The van der Waals surface area contributed by atoms with Crippen LogP contribution in [0.15, 0.2) is 46.7 Å². The molecule has 4 N–H and O–H groups in total. The molecule has 1 atom stereocenters. The summed E-state index contributed by atoms with van der Waals surface area (Å²) in [6, 6.07) is 9.46. The lowest BCUT2D eigenvalue weighted by Crippen LogP contribution is -2.37. The van der Waals surface area contributed by atoms with E-state index >= 15 is 0 Å². The summed E-state index contributed by atoms with van der Waals surface area (Å²) >= 11 is 1.47. The minimum absolute atomic E-state index is 0.0575. The summed E-state index contributed by atoms with van der Waals surface area (Å²) in [6.07, 6.45) is 0. The molecule has 8 heteroatoms. The van der Waals surface area contributed by atoms with Crippen molar-refractivity contribution in [3.63, 3.8) is 0 Å². The van der Waals surface area contributed by atoms with Gasteiger partial charge in [0.05, 0.1) is 4.90 Å². The number of sulfonamides is 1. The van der Waals surface area contributed by atoms with Crippen LogP contribution in [0.3, 0.4) is 0 Å². The minimum Gasteiger partial charge on any atom is -0.348 e. The first-order chi connectivity index (χ1) is 10.9. The van der Waals surface area contributed by atoms with E-state index in [4.69, 9.17) is 5.73 Å². The average molecular weight is 353 g/mol. The summed E-state index contributed by atoms with van der Waals surface area (Å²) in [7, 11) is -3.67. The number of nitrogens with two attached hydrogens (primary N) is 1. The van der Waals surface area contributed by atoms with Crippen molar-refractivity contribution in [1.82, 2.24) is 10.0 Å². The number of thiophene rings is 1. The molecule has 0 unspecified atom stereocenters. The zero-order chi connectivity index (χ0) is 16.9. The molecule has 1 aromatic heterocycles. The first-order valence-corrected chi connectivity index (χ1v) is 9.41. The van der Waals surface area contributed by atoms with Crippen molar-refractivity contribution >= 4 is 27.3 Å². The molecule has 0 bridgehead atoms. The van der Waals surface area contributed by atoms with E-state index in [2.05, 4.69) is 10.0 Å². The molecule has 1 aromatic carbocycles. The Kier molecular flexibility index (Phi) is 5.89. The lowest BCUT2D eigenvalue weighted by molar-refractivity contribution is 0.0941. The largest absolute Gasteiger partial charge is 0.348 e. The van der Waals surface area contributed by atoms with Crippen LogP contribution in [0.2, 0.25) is 0 Å². The Morgan fingerprint density at radius 2 is 2.09 bits per heavy atom. The van der Waals surface area contributed by atoms with Gasteiger partial charge in [0, 0.05) is 29.6 Å². The molecule has 1 heterocycles. The Balaban J connectivity index is 2.13. The Hall–Kier alpha value is -1.74. The van der Waals surface area contributed by atoms with Crippen LogP contribution in [0, 0.1) is 0 Å². The zero-order valence-corrected chi connectivity index (χ0v) is 14.3.